The lowest BCUT2D eigenvalue weighted by atomic mass is 9.75. The number of benzene rings is 1. The van der Waals surface area contributed by atoms with Gasteiger partial charge >= 0.3 is 11.9 Å². The molecule has 2 aliphatic rings. The van der Waals surface area contributed by atoms with Gasteiger partial charge in [-0.25, -0.2) is 0 Å². The third-order valence-electron chi connectivity index (χ3n) is 9.44. The van der Waals surface area contributed by atoms with Crippen LogP contribution in [0.5, 0.6) is 11.5 Å². The van der Waals surface area contributed by atoms with Gasteiger partial charge < -0.3 is 29.2 Å². The Hall–Kier alpha value is -2.32. The van der Waals surface area contributed by atoms with Crippen LogP contribution in [0.4, 0.5) is 0 Å². The van der Waals surface area contributed by atoms with Crippen LogP contribution in [0.25, 0.3) is 0 Å². The third kappa shape index (κ3) is 12.2. The Balaban J connectivity index is 1.38. The van der Waals surface area contributed by atoms with Crippen molar-refractivity contribution in [2.75, 3.05) is 26.4 Å². The van der Waals surface area contributed by atoms with E-state index in [1.165, 1.54) is 38.5 Å². The smallest absolute Gasteiger partial charge is 0.305 e. The normalized spacial score (nSPS) is 17.0. The lowest BCUT2D eigenvalue weighted by molar-refractivity contribution is -0.147. The maximum Gasteiger partial charge on any atom is 0.305 e. The van der Waals surface area contributed by atoms with E-state index < -0.39 is 10.8 Å². The molecule has 1 aromatic carbocycles. The van der Waals surface area contributed by atoms with E-state index in [2.05, 4.69) is 0 Å². The number of phenolic OH excluding ortho intramolecular Hbond substituents is 2. The quantitative estimate of drug-likeness (QED) is 0.0975. The Morgan fingerprint density at radius 2 is 1.00 bits per heavy atom. The molecule has 0 saturated heterocycles. The molecule has 0 atom stereocenters. The molecule has 3 rings (SSSR count). The Kier molecular flexibility index (Phi) is 14.8. The second kappa shape index (κ2) is 18.0. The van der Waals surface area contributed by atoms with E-state index in [1.807, 2.05) is 27.7 Å². The molecular weight excluding hydrogens is 560 g/mol. The number of aromatic hydroxyl groups is 2. The third-order valence-corrected chi connectivity index (χ3v) is 9.44. The summed E-state index contributed by atoms with van der Waals surface area (Å²) in [5.41, 5.74) is 0.364. The summed E-state index contributed by atoms with van der Waals surface area (Å²) >= 11 is 0. The molecule has 0 unspecified atom stereocenters. The van der Waals surface area contributed by atoms with Crippen LogP contribution in [0, 0.1) is 0 Å². The summed E-state index contributed by atoms with van der Waals surface area (Å²) in [7, 11) is 0. The first-order valence-corrected chi connectivity index (χ1v) is 17.1. The van der Waals surface area contributed by atoms with Gasteiger partial charge in [0.1, 0.15) is 24.7 Å². The Morgan fingerprint density at radius 3 is 1.36 bits per heavy atom. The van der Waals surface area contributed by atoms with Crippen LogP contribution in [0.15, 0.2) is 12.1 Å². The standard InChI is InChI=1S/C36H58O8/c1-35(2,19-11-17-33(39)43-23-21-41-27-13-7-5-8-14-27)29-25-32(38)30(26-31(29)37)36(3,4)20-12-18-34(40)44-24-22-42-28-15-9-6-10-16-28/h25-28,37-38H,5-24H2,1-4H3. The van der Waals surface area contributed by atoms with Gasteiger partial charge in [0.2, 0.25) is 0 Å². The fourth-order valence-electron chi connectivity index (χ4n) is 6.63. The van der Waals surface area contributed by atoms with Crippen molar-refractivity contribution in [3.63, 3.8) is 0 Å². The van der Waals surface area contributed by atoms with Crippen LogP contribution in [0.3, 0.4) is 0 Å². The van der Waals surface area contributed by atoms with E-state index >= 15 is 0 Å². The molecule has 0 aromatic heterocycles. The van der Waals surface area contributed by atoms with Gasteiger partial charge in [0.15, 0.2) is 0 Å². The molecule has 2 N–H and O–H groups in total. The predicted molar refractivity (Wildman–Crippen MR) is 171 cm³/mol. The molecule has 0 bridgehead atoms. The molecule has 0 amide bonds. The summed E-state index contributed by atoms with van der Waals surface area (Å²) in [4.78, 5) is 24.5. The van der Waals surface area contributed by atoms with Crippen LogP contribution in [-0.4, -0.2) is 60.8 Å². The highest BCUT2D eigenvalue weighted by atomic mass is 16.6. The number of carbonyl (C=O) groups is 2. The van der Waals surface area contributed by atoms with Crippen molar-refractivity contribution in [3.05, 3.63) is 23.3 Å². The summed E-state index contributed by atoms with van der Waals surface area (Å²) in [5.74, 6) is -0.242. The zero-order valence-corrected chi connectivity index (χ0v) is 27.8. The minimum Gasteiger partial charge on any atom is -0.508 e. The second-order valence-electron chi connectivity index (χ2n) is 14.1. The Labute approximate surface area is 265 Å². The fraction of sp³-hybridized carbons (Fsp3) is 0.778. The van der Waals surface area contributed by atoms with Crippen molar-refractivity contribution >= 4 is 11.9 Å². The van der Waals surface area contributed by atoms with Crippen molar-refractivity contribution in [3.8, 4) is 11.5 Å². The summed E-state index contributed by atoms with van der Waals surface area (Å²) in [6.45, 7) is 9.45. The molecule has 0 radical (unpaired) electrons. The van der Waals surface area contributed by atoms with Gasteiger partial charge in [-0.05, 0) is 74.3 Å². The number of rotatable bonds is 18. The van der Waals surface area contributed by atoms with E-state index in [0.29, 0.717) is 75.1 Å². The summed E-state index contributed by atoms with van der Waals surface area (Å²) in [6, 6.07) is 3.29. The van der Waals surface area contributed by atoms with Crippen molar-refractivity contribution < 1.29 is 38.7 Å². The minimum atomic E-state index is -0.459. The largest absolute Gasteiger partial charge is 0.508 e. The predicted octanol–water partition coefficient (Wildman–Crippen LogP) is 7.78. The number of ether oxygens (including phenoxy) is 4. The average molecular weight is 619 g/mol. The van der Waals surface area contributed by atoms with Crippen molar-refractivity contribution in [1.29, 1.82) is 0 Å². The number of hydrogen-bond acceptors (Lipinski definition) is 8. The highest BCUT2D eigenvalue weighted by molar-refractivity contribution is 5.69. The van der Waals surface area contributed by atoms with Crippen molar-refractivity contribution in [1.82, 2.24) is 0 Å². The van der Waals surface area contributed by atoms with E-state index in [9.17, 15) is 19.8 Å². The summed E-state index contributed by atoms with van der Waals surface area (Å²) in [6.07, 6.45) is 15.5. The first kappa shape index (κ1) is 36.2. The van der Waals surface area contributed by atoms with Crippen LogP contribution in [0.1, 0.15) is 142 Å². The highest BCUT2D eigenvalue weighted by Crippen LogP contribution is 2.43. The van der Waals surface area contributed by atoms with Gasteiger partial charge in [0.05, 0.1) is 25.4 Å². The van der Waals surface area contributed by atoms with Crippen LogP contribution < -0.4 is 0 Å². The molecule has 44 heavy (non-hydrogen) atoms. The molecular formula is C36H58O8. The molecule has 2 saturated carbocycles. The SMILES string of the molecule is CC(C)(CCCC(=O)OCCOC1CCCCC1)c1cc(O)c(C(C)(C)CCCC(=O)OCCOC2CCCCC2)cc1O. The lowest BCUT2D eigenvalue weighted by Crippen LogP contribution is -2.22. The maximum absolute atomic E-state index is 12.2. The van der Waals surface area contributed by atoms with Gasteiger partial charge in [-0.2, -0.15) is 0 Å². The monoisotopic (exact) mass is 618 g/mol. The van der Waals surface area contributed by atoms with Crippen molar-refractivity contribution in [2.45, 2.75) is 153 Å². The van der Waals surface area contributed by atoms with E-state index in [4.69, 9.17) is 18.9 Å². The van der Waals surface area contributed by atoms with Crippen LogP contribution in [0.2, 0.25) is 0 Å². The molecule has 0 heterocycles. The molecule has 8 nitrogen and oxygen atoms in total. The molecule has 0 spiro atoms. The number of phenols is 2. The first-order chi connectivity index (χ1) is 21.0. The molecule has 2 aliphatic carbocycles. The number of hydrogen-bond donors (Lipinski definition) is 2. The molecule has 1 aromatic rings. The van der Waals surface area contributed by atoms with E-state index in [1.54, 1.807) is 12.1 Å². The number of carbonyl (C=O) groups excluding carboxylic acids is 2. The maximum atomic E-state index is 12.2. The van der Waals surface area contributed by atoms with Crippen LogP contribution in [-0.2, 0) is 39.4 Å². The van der Waals surface area contributed by atoms with Gasteiger partial charge in [0.25, 0.3) is 0 Å². The van der Waals surface area contributed by atoms with Crippen molar-refractivity contribution in [2.24, 2.45) is 0 Å². The number of esters is 2. The highest BCUT2D eigenvalue weighted by Gasteiger charge is 2.30. The molecule has 8 heteroatoms. The zero-order valence-electron chi connectivity index (χ0n) is 27.8. The van der Waals surface area contributed by atoms with Gasteiger partial charge in [-0.3, -0.25) is 9.59 Å². The fourth-order valence-corrected chi connectivity index (χ4v) is 6.63. The van der Waals surface area contributed by atoms with E-state index in [-0.39, 0.29) is 36.7 Å². The topological polar surface area (TPSA) is 112 Å². The average Bonchev–Trinajstić information content (AvgIpc) is 2.99. The summed E-state index contributed by atoms with van der Waals surface area (Å²) in [5, 5.41) is 22.0. The van der Waals surface area contributed by atoms with Gasteiger partial charge in [-0.15, -0.1) is 0 Å². The van der Waals surface area contributed by atoms with Crippen LogP contribution >= 0.6 is 0 Å². The lowest BCUT2D eigenvalue weighted by Gasteiger charge is -2.30. The minimum absolute atomic E-state index is 0.121. The Morgan fingerprint density at radius 1 is 0.636 bits per heavy atom. The molecule has 2 fully saturated rings. The summed E-state index contributed by atoms with van der Waals surface area (Å²) < 4.78 is 22.4. The Bertz CT molecular complexity index is 939. The van der Waals surface area contributed by atoms with Gasteiger partial charge in [-0.1, -0.05) is 66.2 Å². The molecule has 0 aliphatic heterocycles. The van der Waals surface area contributed by atoms with E-state index in [0.717, 1.165) is 25.7 Å². The first-order valence-electron chi connectivity index (χ1n) is 17.1. The van der Waals surface area contributed by atoms with Gasteiger partial charge in [0, 0.05) is 24.0 Å². The molecule has 250 valence electrons. The zero-order chi connectivity index (χ0) is 32.0. The second-order valence-corrected chi connectivity index (χ2v) is 14.1.